The summed E-state index contributed by atoms with van der Waals surface area (Å²) in [6.45, 7) is 21.2. The lowest BCUT2D eigenvalue weighted by molar-refractivity contribution is 0.0556. The van der Waals surface area contributed by atoms with Crippen LogP contribution in [0.15, 0.2) is 0 Å². The smallest absolute Gasteiger partial charge is 0.0529 e. The molecular weight excluding hydrogens is 210 g/mol. The molecule has 0 aliphatic heterocycles. The van der Waals surface area contributed by atoms with E-state index in [9.17, 15) is 0 Å². The number of ether oxygens (including phenoxy) is 1. The molecule has 0 bridgehead atoms. The third-order valence-electron chi connectivity index (χ3n) is 1.44. The van der Waals surface area contributed by atoms with Gasteiger partial charge in [-0.1, -0.05) is 55.4 Å². The molecule has 0 unspecified atom stereocenters. The molecule has 110 valence electrons. The van der Waals surface area contributed by atoms with Crippen LogP contribution in [0.1, 0.15) is 62.3 Å². The van der Waals surface area contributed by atoms with Gasteiger partial charge in [-0.3, -0.25) is 0 Å². The van der Waals surface area contributed by atoms with Crippen molar-refractivity contribution in [3.05, 3.63) is 0 Å². The van der Waals surface area contributed by atoms with Gasteiger partial charge in [0, 0.05) is 18.6 Å². The van der Waals surface area contributed by atoms with Crippen LogP contribution in [0.4, 0.5) is 0 Å². The summed E-state index contributed by atoms with van der Waals surface area (Å²) in [5, 5.41) is 0. The minimum atomic E-state index is 0.277. The Morgan fingerprint density at radius 2 is 1.24 bits per heavy atom. The van der Waals surface area contributed by atoms with Crippen molar-refractivity contribution in [2.45, 2.75) is 62.3 Å². The summed E-state index contributed by atoms with van der Waals surface area (Å²) in [6, 6.07) is 0. The van der Waals surface area contributed by atoms with Crippen molar-refractivity contribution in [1.29, 1.82) is 0 Å². The summed E-state index contributed by atoms with van der Waals surface area (Å²) in [6.07, 6.45) is 0. The molecule has 0 rings (SSSR count). The Kier molecular flexibility index (Phi) is 32.1. The molecule has 0 aliphatic carbocycles. The van der Waals surface area contributed by atoms with Crippen LogP contribution >= 0.6 is 0 Å². The fraction of sp³-hybridized carbons (Fsp3) is 1.00. The Bertz CT molecular complexity index is 101. The zero-order chi connectivity index (χ0) is 14.9. The molecule has 0 saturated heterocycles. The Morgan fingerprint density at radius 1 is 0.882 bits per heavy atom. The fourth-order valence-electron chi connectivity index (χ4n) is 1.28. The highest BCUT2D eigenvalue weighted by Crippen LogP contribution is 2.15. The summed E-state index contributed by atoms with van der Waals surface area (Å²) < 4.78 is 5.37. The SMILES string of the molecule is CC.CC.CC.CCOCC(C)(C)CN(C)C. The summed E-state index contributed by atoms with van der Waals surface area (Å²) in [7, 11) is 4.18. The number of nitrogens with zero attached hydrogens (tertiary/aromatic N) is 1. The van der Waals surface area contributed by atoms with E-state index in [0.717, 1.165) is 19.8 Å². The zero-order valence-electron chi connectivity index (χ0n) is 14.5. The maximum absolute atomic E-state index is 5.37. The summed E-state index contributed by atoms with van der Waals surface area (Å²) in [4.78, 5) is 2.19. The van der Waals surface area contributed by atoms with E-state index in [1.54, 1.807) is 0 Å². The fourth-order valence-corrected chi connectivity index (χ4v) is 1.28. The van der Waals surface area contributed by atoms with E-state index in [2.05, 4.69) is 32.8 Å². The molecule has 17 heavy (non-hydrogen) atoms. The average Bonchev–Trinajstić information content (AvgIpc) is 2.33. The van der Waals surface area contributed by atoms with E-state index in [4.69, 9.17) is 4.74 Å². The van der Waals surface area contributed by atoms with Crippen molar-refractivity contribution in [3.8, 4) is 0 Å². The molecule has 0 aromatic heterocycles. The van der Waals surface area contributed by atoms with Crippen LogP contribution < -0.4 is 0 Å². The molecule has 0 atom stereocenters. The first-order chi connectivity index (χ1) is 7.98. The molecule has 0 aromatic carbocycles. The summed E-state index contributed by atoms with van der Waals surface area (Å²) >= 11 is 0. The quantitative estimate of drug-likeness (QED) is 0.701. The van der Waals surface area contributed by atoms with Gasteiger partial charge in [-0.15, -0.1) is 0 Å². The second kappa shape index (κ2) is 21.2. The van der Waals surface area contributed by atoms with E-state index < -0.39 is 0 Å². The number of hydrogen-bond acceptors (Lipinski definition) is 2. The number of rotatable bonds is 5. The third kappa shape index (κ3) is 31.3. The Morgan fingerprint density at radius 3 is 1.47 bits per heavy atom. The molecule has 0 amide bonds. The molecule has 2 nitrogen and oxygen atoms in total. The van der Waals surface area contributed by atoms with Gasteiger partial charge in [-0.25, -0.2) is 0 Å². The van der Waals surface area contributed by atoms with Gasteiger partial charge < -0.3 is 9.64 Å². The highest BCUT2D eigenvalue weighted by Gasteiger charge is 2.18. The zero-order valence-corrected chi connectivity index (χ0v) is 14.5. The molecule has 2 heteroatoms. The van der Waals surface area contributed by atoms with Gasteiger partial charge in [0.1, 0.15) is 0 Å². The minimum Gasteiger partial charge on any atom is -0.381 e. The van der Waals surface area contributed by atoms with Crippen LogP contribution in [0, 0.1) is 5.41 Å². The van der Waals surface area contributed by atoms with Gasteiger partial charge in [-0.05, 0) is 21.0 Å². The van der Waals surface area contributed by atoms with Crippen molar-refractivity contribution in [3.63, 3.8) is 0 Å². The van der Waals surface area contributed by atoms with Crippen LogP contribution in [-0.2, 0) is 4.74 Å². The number of hydrogen-bond donors (Lipinski definition) is 0. The Hall–Kier alpha value is -0.0800. The van der Waals surface area contributed by atoms with Gasteiger partial charge in [0.15, 0.2) is 0 Å². The molecule has 0 aromatic rings. The summed E-state index contributed by atoms with van der Waals surface area (Å²) in [5.74, 6) is 0. The largest absolute Gasteiger partial charge is 0.381 e. The first kappa shape index (κ1) is 25.7. The minimum absolute atomic E-state index is 0.277. The molecule has 0 spiro atoms. The second-order valence-electron chi connectivity index (χ2n) is 4.04. The monoisotopic (exact) mass is 249 g/mol. The molecule has 0 saturated carbocycles. The first-order valence-corrected chi connectivity index (χ1v) is 7.20. The molecule has 0 heterocycles. The van der Waals surface area contributed by atoms with Crippen molar-refractivity contribution in [2.75, 3.05) is 33.9 Å². The van der Waals surface area contributed by atoms with E-state index in [-0.39, 0.29) is 5.41 Å². The maximum atomic E-state index is 5.37. The Balaban J connectivity index is -0.000000121. The predicted molar refractivity (Wildman–Crippen MR) is 82.9 cm³/mol. The molecule has 0 N–H and O–H groups in total. The average molecular weight is 249 g/mol. The van der Waals surface area contributed by atoms with Crippen LogP contribution in [0.3, 0.4) is 0 Å². The van der Waals surface area contributed by atoms with Crippen LogP contribution in [-0.4, -0.2) is 38.8 Å². The lowest BCUT2D eigenvalue weighted by Crippen LogP contribution is -2.32. The van der Waals surface area contributed by atoms with Gasteiger partial charge in [0.05, 0.1) is 6.61 Å². The molecule has 0 radical (unpaired) electrons. The van der Waals surface area contributed by atoms with E-state index in [1.165, 1.54) is 0 Å². The first-order valence-electron chi connectivity index (χ1n) is 7.20. The van der Waals surface area contributed by atoms with Gasteiger partial charge in [-0.2, -0.15) is 0 Å². The van der Waals surface area contributed by atoms with Crippen molar-refractivity contribution < 1.29 is 4.74 Å². The van der Waals surface area contributed by atoms with Crippen LogP contribution in [0.5, 0.6) is 0 Å². The molecule has 0 fully saturated rings. The third-order valence-corrected chi connectivity index (χ3v) is 1.44. The van der Waals surface area contributed by atoms with Gasteiger partial charge in [0.2, 0.25) is 0 Å². The Labute approximate surface area is 112 Å². The van der Waals surface area contributed by atoms with Crippen molar-refractivity contribution >= 4 is 0 Å². The van der Waals surface area contributed by atoms with Crippen molar-refractivity contribution in [1.82, 2.24) is 4.90 Å². The van der Waals surface area contributed by atoms with Gasteiger partial charge in [0.25, 0.3) is 0 Å². The second-order valence-corrected chi connectivity index (χ2v) is 4.04. The van der Waals surface area contributed by atoms with E-state index in [1.807, 2.05) is 48.5 Å². The van der Waals surface area contributed by atoms with Crippen LogP contribution in [0.25, 0.3) is 0 Å². The highest BCUT2D eigenvalue weighted by atomic mass is 16.5. The highest BCUT2D eigenvalue weighted by molar-refractivity contribution is 4.70. The lowest BCUT2D eigenvalue weighted by Gasteiger charge is -2.27. The normalized spacial score (nSPS) is 9.18. The lowest BCUT2D eigenvalue weighted by atomic mass is 9.94. The standard InChI is InChI=1S/C9H21NO.3C2H6/c1-6-11-8-9(2,3)7-10(4)5;3*1-2/h6-8H2,1-5H3;3*1-2H3. The van der Waals surface area contributed by atoms with Crippen molar-refractivity contribution in [2.24, 2.45) is 5.41 Å². The predicted octanol–water partition coefficient (Wildman–Crippen LogP) is 4.69. The van der Waals surface area contributed by atoms with E-state index >= 15 is 0 Å². The maximum Gasteiger partial charge on any atom is 0.0529 e. The summed E-state index contributed by atoms with van der Waals surface area (Å²) in [5.41, 5.74) is 0.277. The molecular formula is C15H39NO. The topological polar surface area (TPSA) is 12.5 Å². The van der Waals surface area contributed by atoms with Gasteiger partial charge >= 0.3 is 0 Å². The molecule has 0 aliphatic rings. The van der Waals surface area contributed by atoms with E-state index in [0.29, 0.717) is 0 Å². The van der Waals surface area contributed by atoms with Crippen LogP contribution in [0.2, 0.25) is 0 Å².